The van der Waals surface area contributed by atoms with Crippen LogP contribution in [0.15, 0.2) is 12.3 Å². The molecule has 0 aromatic carbocycles. The van der Waals surface area contributed by atoms with Crippen molar-refractivity contribution in [2.24, 2.45) is 5.92 Å². The molecule has 0 saturated heterocycles. The largest absolute Gasteiger partial charge is 0.241 e. The van der Waals surface area contributed by atoms with Crippen LogP contribution in [-0.2, 0) is 6.42 Å². The highest BCUT2D eigenvalue weighted by Gasteiger charge is 2.12. The molecule has 0 N–H and O–H groups in total. The molecule has 2 heteroatoms. The maximum absolute atomic E-state index is 4.50. The second kappa shape index (κ2) is 4.35. The summed E-state index contributed by atoms with van der Waals surface area (Å²) >= 11 is 0. The first kappa shape index (κ1) is 10.2. The zero-order chi connectivity index (χ0) is 9.84. The van der Waals surface area contributed by atoms with E-state index in [9.17, 15) is 0 Å². The van der Waals surface area contributed by atoms with Crippen LogP contribution in [0.5, 0.6) is 0 Å². The second-order valence-electron chi connectivity index (χ2n) is 3.79. The third kappa shape index (κ3) is 2.51. The Morgan fingerprint density at radius 1 is 1.31 bits per heavy atom. The standard InChI is InChI=1S/C11H18N2/c1-5-10-6-7-12-11(13-10)9(4)8(2)3/h6-9H,5H2,1-4H3. The van der Waals surface area contributed by atoms with Gasteiger partial charge in [0.25, 0.3) is 0 Å². The molecule has 0 aliphatic rings. The molecule has 1 aromatic heterocycles. The Labute approximate surface area is 80.4 Å². The third-order valence-corrected chi connectivity index (χ3v) is 2.50. The van der Waals surface area contributed by atoms with Gasteiger partial charge in [-0.25, -0.2) is 9.97 Å². The Hall–Kier alpha value is -0.920. The molecule has 0 fully saturated rings. The summed E-state index contributed by atoms with van der Waals surface area (Å²) in [6.45, 7) is 8.70. The quantitative estimate of drug-likeness (QED) is 0.711. The van der Waals surface area contributed by atoms with E-state index in [-0.39, 0.29) is 0 Å². The van der Waals surface area contributed by atoms with Gasteiger partial charge in [-0.2, -0.15) is 0 Å². The number of nitrogens with zero attached hydrogens (tertiary/aromatic N) is 2. The smallest absolute Gasteiger partial charge is 0.131 e. The molecule has 0 radical (unpaired) electrons. The van der Waals surface area contributed by atoms with E-state index >= 15 is 0 Å². The fourth-order valence-electron chi connectivity index (χ4n) is 1.13. The predicted molar refractivity (Wildman–Crippen MR) is 54.7 cm³/mol. The van der Waals surface area contributed by atoms with Gasteiger partial charge in [-0.3, -0.25) is 0 Å². The van der Waals surface area contributed by atoms with Crippen molar-refractivity contribution >= 4 is 0 Å². The second-order valence-corrected chi connectivity index (χ2v) is 3.79. The van der Waals surface area contributed by atoms with E-state index < -0.39 is 0 Å². The van der Waals surface area contributed by atoms with Crippen molar-refractivity contribution in [2.45, 2.75) is 40.0 Å². The zero-order valence-corrected chi connectivity index (χ0v) is 8.91. The third-order valence-electron chi connectivity index (χ3n) is 2.50. The Morgan fingerprint density at radius 2 is 2.00 bits per heavy atom. The van der Waals surface area contributed by atoms with E-state index in [2.05, 4.69) is 37.7 Å². The Morgan fingerprint density at radius 3 is 2.54 bits per heavy atom. The summed E-state index contributed by atoms with van der Waals surface area (Å²) in [6.07, 6.45) is 2.85. The topological polar surface area (TPSA) is 25.8 Å². The maximum atomic E-state index is 4.50. The summed E-state index contributed by atoms with van der Waals surface area (Å²) in [5.41, 5.74) is 1.14. The lowest BCUT2D eigenvalue weighted by Crippen LogP contribution is -2.08. The van der Waals surface area contributed by atoms with Gasteiger partial charge in [-0.15, -0.1) is 0 Å². The SMILES string of the molecule is CCc1ccnc(C(C)C(C)C)n1. The average molecular weight is 178 g/mol. The fourth-order valence-corrected chi connectivity index (χ4v) is 1.13. The molecule has 0 aliphatic heterocycles. The molecule has 1 atom stereocenters. The highest BCUT2D eigenvalue weighted by molar-refractivity contribution is 5.05. The van der Waals surface area contributed by atoms with E-state index in [1.807, 2.05) is 12.3 Å². The Bertz CT molecular complexity index is 269. The molecule has 1 unspecified atom stereocenters. The van der Waals surface area contributed by atoms with Gasteiger partial charge in [0.15, 0.2) is 0 Å². The van der Waals surface area contributed by atoms with Crippen LogP contribution in [0, 0.1) is 5.92 Å². The lowest BCUT2D eigenvalue weighted by molar-refractivity contribution is 0.508. The van der Waals surface area contributed by atoms with Gasteiger partial charge in [0.2, 0.25) is 0 Å². The average Bonchev–Trinajstić information content (AvgIpc) is 2.16. The highest BCUT2D eigenvalue weighted by atomic mass is 14.9. The Balaban J connectivity index is 2.88. The first-order valence-electron chi connectivity index (χ1n) is 4.97. The molecule has 1 rings (SSSR count). The van der Waals surface area contributed by atoms with Crippen LogP contribution in [0.4, 0.5) is 0 Å². The van der Waals surface area contributed by atoms with E-state index in [0.717, 1.165) is 17.9 Å². The van der Waals surface area contributed by atoms with Gasteiger partial charge in [-0.1, -0.05) is 27.7 Å². The minimum Gasteiger partial charge on any atom is -0.241 e. The normalized spacial score (nSPS) is 13.3. The van der Waals surface area contributed by atoms with Gasteiger partial charge in [0.1, 0.15) is 5.82 Å². The van der Waals surface area contributed by atoms with Crippen LogP contribution >= 0.6 is 0 Å². The molecule has 2 nitrogen and oxygen atoms in total. The van der Waals surface area contributed by atoms with E-state index in [0.29, 0.717) is 11.8 Å². The van der Waals surface area contributed by atoms with Crippen molar-refractivity contribution in [3.8, 4) is 0 Å². The summed E-state index contributed by atoms with van der Waals surface area (Å²) < 4.78 is 0. The number of rotatable bonds is 3. The summed E-state index contributed by atoms with van der Waals surface area (Å²) in [5.74, 6) is 2.04. The molecule has 0 amide bonds. The highest BCUT2D eigenvalue weighted by Crippen LogP contribution is 2.19. The molecule has 1 heterocycles. The minimum atomic E-state index is 0.450. The van der Waals surface area contributed by atoms with Gasteiger partial charge in [0, 0.05) is 17.8 Å². The van der Waals surface area contributed by atoms with E-state index in [1.165, 1.54) is 0 Å². The van der Waals surface area contributed by atoms with Crippen molar-refractivity contribution in [2.75, 3.05) is 0 Å². The number of hydrogen-bond acceptors (Lipinski definition) is 2. The number of aryl methyl sites for hydroxylation is 1. The van der Waals surface area contributed by atoms with Crippen LogP contribution in [0.2, 0.25) is 0 Å². The zero-order valence-electron chi connectivity index (χ0n) is 8.91. The van der Waals surface area contributed by atoms with Crippen molar-refractivity contribution in [3.63, 3.8) is 0 Å². The fraction of sp³-hybridized carbons (Fsp3) is 0.636. The molecular weight excluding hydrogens is 160 g/mol. The molecule has 0 saturated carbocycles. The molecule has 13 heavy (non-hydrogen) atoms. The molecule has 0 bridgehead atoms. The summed E-state index contributed by atoms with van der Waals surface area (Å²) in [6, 6.07) is 1.98. The summed E-state index contributed by atoms with van der Waals surface area (Å²) in [7, 11) is 0. The van der Waals surface area contributed by atoms with Crippen molar-refractivity contribution in [1.29, 1.82) is 0 Å². The van der Waals surface area contributed by atoms with Gasteiger partial charge < -0.3 is 0 Å². The number of hydrogen-bond donors (Lipinski definition) is 0. The maximum Gasteiger partial charge on any atom is 0.131 e. The van der Waals surface area contributed by atoms with Crippen LogP contribution in [0.1, 0.15) is 45.1 Å². The van der Waals surface area contributed by atoms with Crippen molar-refractivity contribution in [1.82, 2.24) is 9.97 Å². The van der Waals surface area contributed by atoms with E-state index in [4.69, 9.17) is 0 Å². The lowest BCUT2D eigenvalue weighted by Gasteiger charge is -2.13. The summed E-state index contributed by atoms with van der Waals surface area (Å²) in [4.78, 5) is 8.80. The predicted octanol–water partition coefficient (Wildman–Crippen LogP) is 2.80. The molecular formula is C11H18N2. The first-order chi connectivity index (χ1) is 6.15. The monoisotopic (exact) mass is 178 g/mol. The molecule has 0 aliphatic carbocycles. The molecule has 72 valence electrons. The van der Waals surface area contributed by atoms with Gasteiger partial charge >= 0.3 is 0 Å². The summed E-state index contributed by atoms with van der Waals surface area (Å²) in [5, 5.41) is 0. The molecule has 1 aromatic rings. The van der Waals surface area contributed by atoms with Gasteiger partial charge in [0.05, 0.1) is 0 Å². The van der Waals surface area contributed by atoms with Gasteiger partial charge in [-0.05, 0) is 18.4 Å². The van der Waals surface area contributed by atoms with Crippen molar-refractivity contribution < 1.29 is 0 Å². The van der Waals surface area contributed by atoms with Crippen molar-refractivity contribution in [3.05, 3.63) is 23.8 Å². The Kier molecular flexibility index (Phi) is 3.40. The van der Waals surface area contributed by atoms with Crippen LogP contribution in [0.25, 0.3) is 0 Å². The molecule has 0 spiro atoms. The first-order valence-corrected chi connectivity index (χ1v) is 4.97. The lowest BCUT2D eigenvalue weighted by atomic mass is 9.97. The number of aromatic nitrogens is 2. The minimum absolute atomic E-state index is 0.450. The van der Waals surface area contributed by atoms with Crippen LogP contribution in [0.3, 0.4) is 0 Å². The van der Waals surface area contributed by atoms with Crippen LogP contribution in [-0.4, -0.2) is 9.97 Å². The van der Waals surface area contributed by atoms with Crippen LogP contribution < -0.4 is 0 Å². The van der Waals surface area contributed by atoms with E-state index in [1.54, 1.807) is 0 Å².